The summed E-state index contributed by atoms with van der Waals surface area (Å²) in [7, 11) is 0. The van der Waals surface area contributed by atoms with Gasteiger partial charge in [-0.25, -0.2) is 0 Å². The van der Waals surface area contributed by atoms with Crippen LogP contribution in [0, 0.1) is 0 Å². The van der Waals surface area contributed by atoms with Gasteiger partial charge in [0.05, 0.1) is 12.1 Å². The van der Waals surface area contributed by atoms with Crippen LogP contribution in [0.4, 0.5) is 13.2 Å². The highest BCUT2D eigenvalue weighted by Crippen LogP contribution is 2.24. The molecule has 1 aliphatic heterocycles. The van der Waals surface area contributed by atoms with Gasteiger partial charge in [0.1, 0.15) is 0 Å². The maximum Gasteiger partial charge on any atom is 0.401 e. The number of hydrogen-bond acceptors (Lipinski definition) is 2. The molecule has 6 heteroatoms. The third-order valence-electron chi connectivity index (χ3n) is 2.38. The van der Waals surface area contributed by atoms with Crippen LogP contribution in [0.5, 0.6) is 0 Å². The number of piperazine rings is 1. The van der Waals surface area contributed by atoms with Gasteiger partial charge in [-0.05, 0) is 13.8 Å². The summed E-state index contributed by atoms with van der Waals surface area (Å²) in [5.41, 5.74) is -1.08. The molecule has 0 aromatic carbocycles. The fraction of sp³-hybridized carbons (Fsp3) is 0.875. The van der Waals surface area contributed by atoms with Crippen molar-refractivity contribution in [2.24, 2.45) is 0 Å². The molecule has 1 amide bonds. The largest absolute Gasteiger partial charge is 0.401 e. The average molecular weight is 210 g/mol. The van der Waals surface area contributed by atoms with E-state index in [4.69, 9.17) is 0 Å². The summed E-state index contributed by atoms with van der Waals surface area (Å²) < 4.78 is 36.4. The molecule has 1 N–H and O–H groups in total. The Bertz CT molecular complexity index is 237. The van der Waals surface area contributed by atoms with E-state index in [0.29, 0.717) is 0 Å². The SMILES string of the molecule is CC1(C)C(=O)NCCN1CC(F)(F)F. The van der Waals surface area contributed by atoms with Crippen molar-refractivity contribution in [3.63, 3.8) is 0 Å². The molecule has 1 heterocycles. The Balaban J connectivity index is 2.72. The topological polar surface area (TPSA) is 32.3 Å². The number of nitrogens with one attached hydrogen (secondary N) is 1. The standard InChI is InChI=1S/C8H13F3N2O/c1-7(2)6(14)12-3-4-13(7)5-8(9,10)11/h3-5H2,1-2H3,(H,12,14). The Kier molecular flexibility index (Phi) is 2.76. The second-order valence-electron chi connectivity index (χ2n) is 3.85. The summed E-state index contributed by atoms with van der Waals surface area (Å²) >= 11 is 0. The first-order valence-corrected chi connectivity index (χ1v) is 4.33. The molecule has 1 aliphatic rings. The van der Waals surface area contributed by atoms with Crippen molar-refractivity contribution in [1.82, 2.24) is 10.2 Å². The van der Waals surface area contributed by atoms with Crippen molar-refractivity contribution in [1.29, 1.82) is 0 Å². The average Bonchev–Trinajstić information content (AvgIpc) is 1.97. The maximum atomic E-state index is 12.1. The molecule has 0 spiro atoms. The predicted octanol–water partition coefficient (Wildman–Crippen LogP) is 0.759. The Labute approximate surface area is 80.3 Å². The first-order valence-electron chi connectivity index (χ1n) is 4.33. The summed E-state index contributed by atoms with van der Waals surface area (Å²) in [6, 6.07) is 0. The van der Waals surface area contributed by atoms with E-state index in [2.05, 4.69) is 5.32 Å². The lowest BCUT2D eigenvalue weighted by Gasteiger charge is -2.41. The van der Waals surface area contributed by atoms with Gasteiger partial charge in [-0.1, -0.05) is 0 Å². The zero-order valence-electron chi connectivity index (χ0n) is 8.11. The molecule has 0 aromatic heterocycles. The lowest BCUT2D eigenvalue weighted by molar-refractivity contribution is -0.166. The molecule has 0 saturated carbocycles. The number of carbonyl (C=O) groups is 1. The zero-order chi connectivity index (χ0) is 11.0. The number of alkyl halides is 3. The molecule has 0 bridgehead atoms. The Morgan fingerprint density at radius 3 is 2.57 bits per heavy atom. The van der Waals surface area contributed by atoms with Gasteiger partial charge >= 0.3 is 6.18 Å². The van der Waals surface area contributed by atoms with Crippen molar-refractivity contribution >= 4 is 5.91 Å². The molecule has 0 aromatic rings. The molecule has 82 valence electrons. The van der Waals surface area contributed by atoms with Crippen LogP contribution in [0.2, 0.25) is 0 Å². The third-order valence-corrected chi connectivity index (χ3v) is 2.38. The van der Waals surface area contributed by atoms with Crippen LogP contribution in [0.1, 0.15) is 13.8 Å². The third kappa shape index (κ3) is 2.37. The van der Waals surface area contributed by atoms with Crippen LogP contribution >= 0.6 is 0 Å². The highest BCUT2D eigenvalue weighted by Gasteiger charge is 2.43. The second-order valence-corrected chi connectivity index (χ2v) is 3.85. The lowest BCUT2D eigenvalue weighted by atomic mass is 9.99. The zero-order valence-corrected chi connectivity index (χ0v) is 8.11. The molecule has 0 atom stereocenters. The van der Waals surface area contributed by atoms with Crippen LogP contribution in [0.25, 0.3) is 0 Å². The number of rotatable bonds is 1. The maximum absolute atomic E-state index is 12.1. The highest BCUT2D eigenvalue weighted by atomic mass is 19.4. The molecule has 1 rings (SSSR count). The first kappa shape index (κ1) is 11.3. The summed E-state index contributed by atoms with van der Waals surface area (Å²) in [5, 5.41) is 2.54. The van der Waals surface area contributed by atoms with Gasteiger partial charge in [-0.2, -0.15) is 13.2 Å². The normalized spacial score (nSPS) is 23.4. The van der Waals surface area contributed by atoms with E-state index >= 15 is 0 Å². The smallest absolute Gasteiger partial charge is 0.353 e. The van der Waals surface area contributed by atoms with E-state index in [1.807, 2.05) is 0 Å². The van der Waals surface area contributed by atoms with Crippen molar-refractivity contribution in [3.05, 3.63) is 0 Å². The van der Waals surface area contributed by atoms with Crippen molar-refractivity contribution < 1.29 is 18.0 Å². The summed E-state index contributed by atoms with van der Waals surface area (Å²) in [5.74, 6) is -0.354. The first-order chi connectivity index (χ1) is 6.23. The van der Waals surface area contributed by atoms with Crippen LogP contribution in [-0.2, 0) is 4.79 Å². The monoisotopic (exact) mass is 210 g/mol. The van der Waals surface area contributed by atoms with Crippen molar-refractivity contribution in [2.75, 3.05) is 19.6 Å². The van der Waals surface area contributed by atoms with Gasteiger partial charge in [0.2, 0.25) is 5.91 Å². The minimum absolute atomic E-state index is 0.234. The van der Waals surface area contributed by atoms with E-state index in [9.17, 15) is 18.0 Å². The van der Waals surface area contributed by atoms with Crippen LogP contribution in [0.15, 0.2) is 0 Å². The van der Waals surface area contributed by atoms with Gasteiger partial charge in [0, 0.05) is 13.1 Å². The molecular weight excluding hydrogens is 197 g/mol. The fourth-order valence-electron chi connectivity index (χ4n) is 1.44. The molecule has 0 unspecified atom stereocenters. The molecule has 1 fully saturated rings. The lowest BCUT2D eigenvalue weighted by Crippen LogP contribution is -2.63. The van der Waals surface area contributed by atoms with Crippen LogP contribution < -0.4 is 5.32 Å². The van der Waals surface area contributed by atoms with Crippen LogP contribution in [-0.4, -0.2) is 42.2 Å². The minimum Gasteiger partial charge on any atom is -0.353 e. The molecule has 3 nitrogen and oxygen atoms in total. The Morgan fingerprint density at radius 1 is 1.50 bits per heavy atom. The Hall–Kier alpha value is -0.780. The molecule has 14 heavy (non-hydrogen) atoms. The van der Waals surface area contributed by atoms with Gasteiger partial charge in [-0.3, -0.25) is 9.69 Å². The fourth-order valence-corrected chi connectivity index (χ4v) is 1.44. The highest BCUT2D eigenvalue weighted by molar-refractivity contribution is 5.86. The van der Waals surface area contributed by atoms with Gasteiger partial charge in [0.25, 0.3) is 0 Å². The van der Waals surface area contributed by atoms with E-state index in [-0.39, 0.29) is 19.0 Å². The number of carbonyl (C=O) groups excluding carboxylic acids is 1. The molecule has 0 radical (unpaired) electrons. The quantitative estimate of drug-likeness (QED) is 0.693. The minimum atomic E-state index is -4.26. The van der Waals surface area contributed by atoms with Gasteiger partial charge in [0.15, 0.2) is 0 Å². The Morgan fingerprint density at radius 2 is 2.07 bits per heavy atom. The molecular formula is C8H13F3N2O. The van der Waals surface area contributed by atoms with Gasteiger partial charge < -0.3 is 5.32 Å². The van der Waals surface area contributed by atoms with Crippen molar-refractivity contribution in [3.8, 4) is 0 Å². The van der Waals surface area contributed by atoms with E-state index in [1.54, 1.807) is 0 Å². The predicted molar refractivity (Wildman–Crippen MR) is 44.7 cm³/mol. The second kappa shape index (κ2) is 3.42. The van der Waals surface area contributed by atoms with E-state index in [1.165, 1.54) is 13.8 Å². The van der Waals surface area contributed by atoms with Gasteiger partial charge in [-0.15, -0.1) is 0 Å². The number of nitrogens with zero attached hydrogens (tertiary/aromatic N) is 1. The summed E-state index contributed by atoms with van der Waals surface area (Å²) in [6.07, 6.45) is -4.26. The van der Waals surface area contributed by atoms with Crippen molar-refractivity contribution in [2.45, 2.75) is 25.6 Å². The number of amides is 1. The molecule has 0 aliphatic carbocycles. The summed E-state index contributed by atoms with van der Waals surface area (Å²) in [4.78, 5) is 12.4. The number of halogens is 3. The number of hydrogen-bond donors (Lipinski definition) is 1. The van der Waals surface area contributed by atoms with E-state index < -0.39 is 18.3 Å². The summed E-state index contributed by atoms with van der Waals surface area (Å²) in [6.45, 7) is 2.46. The van der Waals surface area contributed by atoms with E-state index in [0.717, 1.165) is 4.90 Å². The van der Waals surface area contributed by atoms with Crippen LogP contribution in [0.3, 0.4) is 0 Å². The molecule has 1 saturated heterocycles.